The van der Waals surface area contributed by atoms with Crippen molar-refractivity contribution in [2.24, 2.45) is 5.92 Å². The number of ether oxygens (including phenoxy) is 1. The van der Waals surface area contributed by atoms with Gasteiger partial charge in [0.1, 0.15) is 11.1 Å². The second kappa shape index (κ2) is 8.35. The van der Waals surface area contributed by atoms with Crippen molar-refractivity contribution < 1.29 is 22.8 Å². The topological polar surface area (TPSA) is 115 Å². The molecule has 2 N–H and O–H groups in total. The zero-order valence-corrected chi connectivity index (χ0v) is 18.1. The number of sulfonamides is 1. The maximum absolute atomic E-state index is 11.4. The molecule has 2 aromatic heterocycles. The van der Waals surface area contributed by atoms with E-state index in [-0.39, 0.29) is 27.3 Å². The molecule has 156 valence electrons. The van der Waals surface area contributed by atoms with Crippen LogP contribution in [0.15, 0.2) is 28.9 Å². The van der Waals surface area contributed by atoms with Gasteiger partial charge in [-0.2, -0.15) is 0 Å². The van der Waals surface area contributed by atoms with Crippen molar-refractivity contribution in [3.8, 4) is 5.88 Å². The summed E-state index contributed by atoms with van der Waals surface area (Å²) in [5.74, 6) is 0.610. The fourth-order valence-electron chi connectivity index (χ4n) is 2.55. The van der Waals surface area contributed by atoms with Crippen LogP contribution in [-0.2, 0) is 10.0 Å². The molecule has 1 atom stereocenters. The number of hydrogen-bond acceptors (Lipinski definition) is 7. The summed E-state index contributed by atoms with van der Waals surface area (Å²) in [6.07, 6.45) is 1.30. The fraction of sp³-hybridized carbons (Fsp3) is 0.333. The van der Waals surface area contributed by atoms with E-state index in [0.717, 1.165) is 6.26 Å². The highest BCUT2D eigenvalue weighted by Crippen LogP contribution is 2.36. The number of aromatic nitrogens is 2. The van der Waals surface area contributed by atoms with Crippen molar-refractivity contribution in [3.05, 3.63) is 45.6 Å². The minimum Gasteiger partial charge on any atom is -0.476 e. The van der Waals surface area contributed by atoms with Gasteiger partial charge >= 0.3 is 0 Å². The number of aliphatic hydroxyl groups is 1. The van der Waals surface area contributed by atoms with Crippen molar-refractivity contribution in [1.82, 2.24) is 10.1 Å². The van der Waals surface area contributed by atoms with Crippen LogP contribution in [0.2, 0.25) is 10.0 Å². The number of anilines is 1. The maximum atomic E-state index is 11.4. The average molecular weight is 460 g/mol. The van der Waals surface area contributed by atoms with Crippen molar-refractivity contribution in [3.63, 3.8) is 0 Å². The molecule has 3 rings (SSSR count). The zero-order valence-electron chi connectivity index (χ0n) is 15.8. The highest BCUT2D eigenvalue weighted by molar-refractivity contribution is 7.92. The van der Waals surface area contributed by atoms with Gasteiger partial charge in [0, 0.05) is 22.3 Å². The Balaban J connectivity index is 1.92. The fourth-order valence-corrected chi connectivity index (χ4v) is 3.55. The van der Waals surface area contributed by atoms with Crippen LogP contribution in [0.4, 0.5) is 5.82 Å². The van der Waals surface area contributed by atoms with E-state index < -0.39 is 16.1 Å². The Hall–Kier alpha value is -2.07. The van der Waals surface area contributed by atoms with Crippen LogP contribution in [0.3, 0.4) is 0 Å². The van der Waals surface area contributed by atoms with Gasteiger partial charge in [0.15, 0.2) is 11.4 Å². The minimum atomic E-state index is -3.54. The van der Waals surface area contributed by atoms with E-state index in [9.17, 15) is 13.5 Å². The lowest BCUT2D eigenvalue weighted by atomic mass is 10.0. The molecule has 0 aliphatic carbocycles. The molecular weight excluding hydrogens is 441 g/mol. The second-order valence-electron chi connectivity index (χ2n) is 6.94. The lowest BCUT2D eigenvalue weighted by molar-refractivity contribution is 0.219. The molecule has 0 fully saturated rings. The summed E-state index contributed by atoms with van der Waals surface area (Å²) in [5.41, 5.74) is 0.989. The van der Waals surface area contributed by atoms with E-state index in [4.69, 9.17) is 32.5 Å². The Morgan fingerprint density at radius 1 is 1.24 bits per heavy atom. The molecule has 8 nitrogen and oxygen atoms in total. The van der Waals surface area contributed by atoms with Crippen molar-refractivity contribution in [2.45, 2.75) is 20.0 Å². The first-order chi connectivity index (χ1) is 13.5. The van der Waals surface area contributed by atoms with Gasteiger partial charge < -0.3 is 14.4 Å². The minimum absolute atomic E-state index is 0.0156. The summed E-state index contributed by atoms with van der Waals surface area (Å²) in [5, 5.41) is 15.3. The lowest BCUT2D eigenvalue weighted by Crippen LogP contribution is -2.10. The summed E-state index contributed by atoms with van der Waals surface area (Å²) in [7, 11) is -3.54. The molecule has 0 aliphatic heterocycles. The van der Waals surface area contributed by atoms with Crippen LogP contribution in [-0.4, -0.2) is 36.5 Å². The number of nitrogens with zero attached hydrogens (tertiary/aromatic N) is 2. The second-order valence-corrected chi connectivity index (χ2v) is 9.50. The van der Waals surface area contributed by atoms with Gasteiger partial charge in [-0.1, -0.05) is 42.2 Å². The van der Waals surface area contributed by atoms with Crippen molar-refractivity contribution in [1.29, 1.82) is 0 Å². The summed E-state index contributed by atoms with van der Waals surface area (Å²) in [6, 6.07) is 4.50. The number of halogens is 2. The van der Waals surface area contributed by atoms with Crippen molar-refractivity contribution in [2.75, 3.05) is 17.6 Å². The van der Waals surface area contributed by atoms with Crippen LogP contribution in [0.25, 0.3) is 11.0 Å². The van der Waals surface area contributed by atoms with Crippen LogP contribution in [0.1, 0.15) is 31.1 Å². The number of pyridine rings is 1. The zero-order chi connectivity index (χ0) is 21.3. The molecule has 0 bridgehead atoms. The molecule has 0 amide bonds. The molecule has 29 heavy (non-hydrogen) atoms. The third-order valence-electron chi connectivity index (χ3n) is 3.86. The lowest BCUT2D eigenvalue weighted by Gasteiger charge is -2.15. The highest BCUT2D eigenvalue weighted by atomic mass is 35.5. The molecule has 0 saturated carbocycles. The predicted octanol–water partition coefficient (Wildman–Crippen LogP) is 4.02. The van der Waals surface area contributed by atoms with Gasteiger partial charge in [-0.3, -0.25) is 4.72 Å². The maximum Gasteiger partial charge on any atom is 0.232 e. The highest BCUT2D eigenvalue weighted by Gasteiger charge is 2.21. The summed E-state index contributed by atoms with van der Waals surface area (Å²) >= 11 is 12.5. The van der Waals surface area contributed by atoms with Crippen molar-refractivity contribution >= 4 is 50.0 Å². The molecule has 1 aromatic carbocycles. The van der Waals surface area contributed by atoms with E-state index >= 15 is 0 Å². The monoisotopic (exact) mass is 459 g/mol. The third kappa shape index (κ3) is 5.11. The number of nitrogens with one attached hydrogen (secondary N) is 1. The molecule has 0 saturated heterocycles. The Labute approximate surface area is 177 Å². The Morgan fingerprint density at radius 3 is 2.59 bits per heavy atom. The number of rotatable bonds is 7. The predicted molar refractivity (Wildman–Crippen MR) is 111 cm³/mol. The van der Waals surface area contributed by atoms with E-state index in [1.54, 1.807) is 6.07 Å². The normalized spacial score (nSPS) is 13.1. The Bertz CT molecular complexity index is 1150. The quantitative estimate of drug-likeness (QED) is 0.547. The van der Waals surface area contributed by atoms with Gasteiger partial charge in [0.05, 0.1) is 18.2 Å². The molecule has 3 aromatic rings. The molecule has 0 spiro atoms. The third-order valence-corrected chi connectivity index (χ3v) is 5.03. The number of hydrogen-bond donors (Lipinski definition) is 2. The van der Waals surface area contributed by atoms with Crippen LogP contribution in [0.5, 0.6) is 5.88 Å². The van der Waals surface area contributed by atoms with Crippen LogP contribution < -0.4 is 9.46 Å². The van der Waals surface area contributed by atoms with E-state index in [2.05, 4.69) is 14.9 Å². The molecule has 0 radical (unpaired) electrons. The van der Waals surface area contributed by atoms with Crippen LogP contribution >= 0.6 is 23.2 Å². The standard InChI is InChI=1S/C18H19Cl2N3O5S/c1-9(2)8-27-18-14(20)4-10(7-21-18)16(24)11-6-15-12(5-13(11)19)17(22-28-15)23-29(3,25)26/h4-7,9,16,24H,8H2,1-3H3,(H,22,23). The number of benzene rings is 1. The molecular formula is C18H19Cl2N3O5S. The molecule has 2 heterocycles. The number of aliphatic hydroxyl groups excluding tert-OH is 1. The SMILES string of the molecule is CC(C)COc1ncc(C(O)c2cc3onc(NS(C)(=O)=O)c3cc2Cl)cc1Cl. The van der Waals surface area contributed by atoms with Gasteiger partial charge in [-0.25, -0.2) is 13.4 Å². The molecule has 0 aliphatic rings. The van der Waals surface area contributed by atoms with Gasteiger partial charge in [0.2, 0.25) is 15.9 Å². The van der Waals surface area contributed by atoms with E-state index in [0.29, 0.717) is 29.0 Å². The van der Waals surface area contributed by atoms with Gasteiger partial charge in [-0.15, -0.1) is 0 Å². The molecule has 1 unspecified atom stereocenters. The van der Waals surface area contributed by atoms with Gasteiger partial charge in [0.25, 0.3) is 0 Å². The largest absolute Gasteiger partial charge is 0.476 e. The first-order valence-electron chi connectivity index (χ1n) is 8.58. The van der Waals surface area contributed by atoms with Crippen LogP contribution in [0, 0.1) is 5.92 Å². The number of fused-ring (bicyclic) bond motifs is 1. The first kappa shape index (κ1) is 21.6. The van der Waals surface area contributed by atoms with Gasteiger partial charge in [-0.05, 0) is 24.1 Å². The molecule has 11 heteroatoms. The Kier molecular flexibility index (Phi) is 6.23. The Morgan fingerprint density at radius 2 is 1.97 bits per heavy atom. The summed E-state index contributed by atoms with van der Waals surface area (Å²) in [6.45, 7) is 4.47. The smallest absolute Gasteiger partial charge is 0.232 e. The first-order valence-corrected chi connectivity index (χ1v) is 11.2. The van der Waals surface area contributed by atoms with E-state index in [1.807, 2.05) is 13.8 Å². The summed E-state index contributed by atoms with van der Waals surface area (Å²) < 4.78 is 35.8. The average Bonchev–Trinajstić information content (AvgIpc) is 2.99. The van der Waals surface area contributed by atoms with E-state index in [1.165, 1.54) is 18.3 Å². The summed E-state index contributed by atoms with van der Waals surface area (Å²) in [4.78, 5) is 4.16.